The second-order valence-electron chi connectivity index (χ2n) is 17.5. The van der Waals surface area contributed by atoms with E-state index in [9.17, 15) is 24.3 Å². The van der Waals surface area contributed by atoms with Crippen LogP contribution in [0.25, 0.3) is 22.0 Å². The van der Waals surface area contributed by atoms with E-state index in [2.05, 4.69) is 33.2 Å². The molecule has 4 aliphatic heterocycles. The van der Waals surface area contributed by atoms with Gasteiger partial charge in [-0.05, 0) is 111 Å². The number of ether oxygens (including phenoxy) is 3. The van der Waals surface area contributed by atoms with Crippen LogP contribution in [0.5, 0.6) is 0 Å². The topological polar surface area (TPSA) is 195 Å². The summed E-state index contributed by atoms with van der Waals surface area (Å²) in [4.78, 5) is 74.3. The minimum absolute atomic E-state index is 0.0354. The summed E-state index contributed by atoms with van der Waals surface area (Å²) in [7, 11) is 2.80. The quantitative estimate of drug-likeness (QED) is 0.154. The van der Waals surface area contributed by atoms with Crippen molar-refractivity contribution in [3.63, 3.8) is 0 Å². The molecule has 4 amide bonds. The van der Waals surface area contributed by atoms with E-state index in [1.807, 2.05) is 53.3 Å². The standard InChI is InChI=1S/C46H54N8O8/c1-26-4-11-36(53(26)44(56)40(52(2)46(58)59)29-14-18-62-19-15-29)41-48-25-35(50-41)32-9-8-30-20-27(5-7-31(30)21-32)6-10-34-24-47-42(49-34)38-23-33-22-37(33)54(38)43(55)39(51-45(57)60-3)28-12-16-61-17-13-28/h5,7-9,20-21,24-26,28-29,33,36-40H,4,11-19,22-23H2,1-3H3,(H,47,49)(H,48,50)(H,51,57)(H,58,59)/t26-,33-,36-,37+,38-,39-,40-/m0/s1. The monoisotopic (exact) mass is 846 g/mol. The first-order valence-corrected chi connectivity index (χ1v) is 21.8. The molecule has 4 aromatic rings. The zero-order valence-corrected chi connectivity index (χ0v) is 35.3. The third-order valence-electron chi connectivity index (χ3n) is 13.7. The lowest BCUT2D eigenvalue weighted by atomic mass is 9.89. The van der Waals surface area contributed by atoms with Crippen LogP contribution in [0.1, 0.15) is 93.3 Å². The van der Waals surface area contributed by atoms with E-state index in [0.717, 1.165) is 53.3 Å². The second-order valence-corrected chi connectivity index (χ2v) is 17.5. The molecular formula is C46H54N8O8. The number of carboxylic acid groups (broad SMARTS) is 1. The molecule has 2 aromatic heterocycles. The molecule has 5 fully saturated rings. The molecule has 7 atom stereocenters. The lowest BCUT2D eigenvalue weighted by Gasteiger charge is -2.39. The van der Waals surface area contributed by atoms with Crippen LogP contribution in [0.15, 0.2) is 48.8 Å². The van der Waals surface area contributed by atoms with Crippen molar-refractivity contribution in [2.24, 2.45) is 17.8 Å². The molecule has 5 aliphatic rings. The molecule has 16 nitrogen and oxygen atoms in total. The summed E-state index contributed by atoms with van der Waals surface area (Å²) in [5.74, 6) is 7.83. The minimum Gasteiger partial charge on any atom is -0.465 e. The highest BCUT2D eigenvalue weighted by atomic mass is 16.5. The lowest BCUT2D eigenvalue weighted by molar-refractivity contribution is -0.142. The number of benzene rings is 2. The summed E-state index contributed by atoms with van der Waals surface area (Å²) < 4.78 is 16.0. The molecule has 1 saturated carbocycles. The molecule has 2 aromatic carbocycles. The molecule has 6 heterocycles. The van der Waals surface area contributed by atoms with Gasteiger partial charge < -0.3 is 44.4 Å². The number of aromatic nitrogens is 4. The number of hydrogen-bond donors (Lipinski definition) is 4. The number of likely N-dealkylation sites (N-methyl/N-ethyl adjacent to an activating group) is 1. The fourth-order valence-electron chi connectivity index (χ4n) is 10.3. The summed E-state index contributed by atoms with van der Waals surface area (Å²) in [6, 6.07) is 10.3. The molecule has 4 saturated heterocycles. The third-order valence-corrected chi connectivity index (χ3v) is 13.7. The SMILES string of the molecule is COC(=O)N[C@H](C(=O)N1[C@@H]2C[C@H]2C[C@H]1c1nc(C#Cc2ccc3cc(-c4c[nH]c([C@@H]5CC[C@H](C)N5C(=O)[C@H](C5CCOCC5)N(C)C(=O)O)n4)ccc3c2)c[nH]1)C1CCOCC1. The first kappa shape index (κ1) is 41.4. The lowest BCUT2D eigenvalue weighted by Crippen LogP contribution is -2.54. The predicted molar refractivity (Wildman–Crippen MR) is 226 cm³/mol. The largest absolute Gasteiger partial charge is 0.465 e. The van der Waals surface area contributed by atoms with Crippen LogP contribution in [-0.2, 0) is 23.8 Å². The number of alkyl carbamates (subject to hydrolysis) is 1. The Kier molecular flexibility index (Phi) is 11.7. The van der Waals surface area contributed by atoms with Crippen molar-refractivity contribution in [2.45, 2.75) is 94.5 Å². The van der Waals surface area contributed by atoms with E-state index >= 15 is 0 Å². The number of carbonyl (C=O) groups excluding carboxylic acids is 3. The van der Waals surface area contributed by atoms with Gasteiger partial charge in [0.25, 0.3) is 0 Å². The summed E-state index contributed by atoms with van der Waals surface area (Å²) in [6.07, 6.45) is 7.85. The summed E-state index contributed by atoms with van der Waals surface area (Å²) >= 11 is 0. The first-order valence-electron chi connectivity index (χ1n) is 21.8. The van der Waals surface area contributed by atoms with Crippen molar-refractivity contribution in [3.8, 4) is 23.1 Å². The van der Waals surface area contributed by atoms with Gasteiger partial charge in [0.05, 0.1) is 24.9 Å². The minimum atomic E-state index is -1.12. The smallest absolute Gasteiger partial charge is 0.407 e. The van der Waals surface area contributed by atoms with Gasteiger partial charge in [0, 0.05) is 69.1 Å². The Bertz CT molecular complexity index is 2390. The highest BCUT2D eigenvalue weighted by Gasteiger charge is 2.56. The van der Waals surface area contributed by atoms with Gasteiger partial charge >= 0.3 is 12.2 Å². The number of likely N-dealkylation sites (tertiary alicyclic amines) is 2. The van der Waals surface area contributed by atoms with Crippen LogP contribution in [0.2, 0.25) is 0 Å². The van der Waals surface area contributed by atoms with E-state index < -0.39 is 24.3 Å². The van der Waals surface area contributed by atoms with Gasteiger partial charge in [-0.3, -0.25) is 14.5 Å². The molecule has 0 radical (unpaired) electrons. The maximum absolute atomic E-state index is 14.3. The predicted octanol–water partition coefficient (Wildman–Crippen LogP) is 5.62. The van der Waals surface area contributed by atoms with Crippen LogP contribution in [-0.4, -0.2) is 128 Å². The van der Waals surface area contributed by atoms with E-state index in [1.54, 1.807) is 6.20 Å². The van der Waals surface area contributed by atoms with Gasteiger partial charge in [0.2, 0.25) is 11.8 Å². The molecule has 1 aliphatic carbocycles. The van der Waals surface area contributed by atoms with Gasteiger partial charge in [0.15, 0.2) is 0 Å². The normalized spacial score (nSPS) is 24.8. The molecule has 0 unspecified atom stereocenters. The number of piperidine rings is 1. The summed E-state index contributed by atoms with van der Waals surface area (Å²) in [5, 5.41) is 14.8. The third kappa shape index (κ3) is 8.23. The van der Waals surface area contributed by atoms with E-state index in [1.165, 1.54) is 19.1 Å². The number of carbonyl (C=O) groups is 4. The Morgan fingerprint density at radius 2 is 1.53 bits per heavy atom. The maximum Gasteiger partial charge on any atom is 0.407 e. The average Bonchev–Trinajstić information content (AvgIpc) is 3.76. The first-order chi connectivity index (χ1) is 30.1. The number of imidazole rings is 2. The zero-order valence-electron chi connectivity index (χ0n) is 35.3. The number of hydrogen-bond acceptors (Lipinski definition) is 9. The molecule has 9 rings (SSSR count). The molecule has 4 N–H and O–H groups in total. The average molecular weight is 847 g/mol. The van der Waals surface area contributed by atoms with Crippen molar-refractivity contribution in [1.29, 1.82) is 0 Å². The Hall–Kier alpha value is -5.92. The van der Waals surface area contributed by atoms with E-state index in [0.29, 0.717) is 75.4 Å². The van der Waals surface area contributed by atoms with Gasteiger partial charge in [-0.2, -0.15) is 0 Å². The Morgan fingerprint density at radius 1 is 0.839 bits per heavy atom. The number of nitrogens with one attached hydrogen (secondary N) is 3. The molecular weight excluding hydrogens is 793 g/mol. The van der Waals surface area contributed by atoms with Gasteiger partial charge in [-0.15, -0.1) is 0 Å². The van der Waals surface area contributed by atoms with E-state index in [4.69, 9.17) is 24.2 Å². The second kappa shape index (κ2) is 17.5. The Balaban J connectivity index is 0.882. The molecule has 0 bridgehead atoms. The fourth-order valence-corrected chi connectivity index (χ4v) is 10.3. The number of rotatable bonds is 9. The van der Waals surface area contributed by atoms with Gasteiger partial charge in [-0.25, -0.2) is 19.6 Å². The molecule has 62 heavy (non-hydrogen) atoms. The van der Waals surface area contributed by atoms with Crippen LogP contribution in [0, 0.1) is 29.6 Å². The highest BCUT2D eigenvalue weighted by molar-refractivity contribution is 5.89. The number of fused-ring (bicyclic) bond motifs is 2. The zero-order chi connectivity index (χ0) is 43.1. The van der Waals surface area contributed by atoms with Crippen LogP contribution in [0.4, 0.5) is 9.59 Å². The van der Waals surface area contributed by atoms with Gasteiger partial charge in [0.1, 0.15) is 29.4 Å². The fraction of sp³-hybridized carbons (Fsp3) is 0.522. The number of aromatic amines is 2. The highest BCUT2D eigenvalue weighted by Crippen LogP contribution is 2.53. The summed E-state index contributed by atoms with van der Waals surface area (Å²) in [5.41, 5.74) is 3.09. The van der Waals surface area contributed by atoms with Crippen molar-refractivity contribution in [1.82, 2.24) is 40.0 Å². The van der Waals surface area contributed by atoms with Crippen LogP contribution >= 0.6 is 0 Å². The number of H-pyrrole nitrogens is 2. The Labute approximate surface area is 360 Å². The van der Waals surface area contributed by atoms with Crippen molar-refractivity contribution >= 4 is 34.8 Å². The summed E-state index contributed by atoms with van der Waals surface area (Å²) in [6.45, 7) is 4.15. The van der Waals surface area contributed by atoms with Crippen molar-refractivity contribution in [2.75, 3.05) is 40.6 Å². The number of methoxy groups -OCH3 is 1. The van der Waals surface area contributed by atoms with Crippen molar-refractivity contribution < 1.29 is 38.5 Å². The number of nitrogens with zero attached hydrogens (tertiary/aromatic N) is 5. The van der Waals surface area contributed by atoms with Crippen LogP contribution < -0.4 is 5.32 Å². The van der Waals surface area contributed by atoms with E-state index in [-0.39, 0.29) is 47.8 Å². The van der Waals surface area contributed by atoms with Gasteiger partial charge in [-0.1, -0.05) is 24.1 Å². The number of amides is 4. The molecule has 326 valence electrons. The maximum atomic E-state index is 14.3. The molecule has 0 spiro atoms. The molecule has 16 heteroatoms. The van der Waals surface area contributed by atoms with Crippen LogP contribution in [0.3, 0.4) is 0 Å². The Morgan fingerprint density at radius 3 is 2.27 bits per heavy atom. The van der Waals surface area contributed by atoms with Crippen molar-refractivity contribution in [3.05, 3.63) is 71.7 Å².